The molecule has 0 saturated heterocycles. The zero-order chi connectivity index (χ0) is 13.8. The van der Waals surface area contributed by atoms with Gasteiger partial charge in [0.05, 0.1) is 5.41 Å². The van der Waals surface area contributed by atoms with Gasteiger partial charge in [-0.2, -0.15) is 13.2 Å². The molecule has 0 aromatic carbocycles. The summed E-state index contributed by atoms with van der Waals surface area (Å²) in [6.07, 6.45) is -0.262. The third kappa shape index (κ3) is 3.60. The van der Waals surface area contributed by atoms with E-state index in [2.05, 4.69) is 5.32 Å². The van der Waals surface area contributed by atoms with Gasteiger partial charge in [-0.3, -0.25) is 0 Å². The van der Waals surface area contributed by atoms with Crippen LogP contribution >= 0.6 is 0 Å². The van der Waals surface area contributed by atoms with Crippen LogP contribution in [0.4, 0.5) is 13.2 Å². The van der Waals surface area contributed by atoms with E-state index in [1.54, 1.807) is 13.8 Å². The Bertz CT molecular complexity index is 241. The number of alkyl halides is 3. The van der Waals surface area contributed by atoms with Crippen LogP contribution in [0.3, 0.4) is 0 Å². The van der Waals surface area contributed by atoms with Gasteiger partial charge in [0.2, 0.25) is 0 Å². The molecule has 0 spiro atoms. The van der Waals surface area contributed by atoms with Gasteiger partial charge in [0.1, 0.15) is 0 Å². The predicted molar refractivity (Wildman–Crippen MR) is 67.3 cm³/mol. The molecule has 1 fully saturated rings. The Morgan fingerprint density at radius 2 is 1.56 bits per heavy atom. The zero-order valence-corrected chi connectivity index (χ0v) is 11.3. The van der Waals surface area contributed by atoms with Gasteiger partial charge >= 0.3 is 6.18 Å². The number of hydrogen-bond acceptors (Lipinski definition) is 2. The minimum absolute atomic E-state index is 0.0312. The third-order valence-electron chi connectivity index (χ3n) is 4.46. The largest absolute Gasteiger partial charge is 0.395 e. The molecule has 0 aromatic rings. The highest BCUT2D eigenvalue weighted by molar-refractivity contribution is 4.89. The molecule has 0 heterocycles. The van der Waals surface area contributed by atoms with E-state index in [4.69, 9.17) is 5.73 Å². The van der Waals surface area contributed by atoms with Gasteiger partial charge in [-0.1, -0.05) is 13.8 Å². The molecule has 1 rings (SSSR count). The number of hydrogen-bond donors (Lipinski definition) is 2. The Hall–Kier alpha value is -0.290. The maximum Gasteiger partial charge on any atom is 0.395 e. The van der Waals surface area contributed by atoms with Gasteiger partial charge < -0.3 is 11.1 Å². The van der Waals surface area contributed by atoms with Crippen molar-refractivity contribution in [2.45, 2.75) is 70.6 Å². The highest BCUT2D eigenvalue weighted by atomic mass is 19.4. The first-order valence-corrected chi connectivity index (χ1v) is 6.90. The summed E-state index contributed by atoms with van der Waals surface area (Å²) in [4.78, 5) is 0. The Labute approximate surface area is 107 Å². The number of halogens is 3. The second-order valence-corrected chi connectivity index (χ2v) is 5.48. The Balaban J connectivity index is 2.53. The SMILES string of the molecule is CCC(CC)(CNC1CCC(N)CC1)C(F)(F)F. The summed E-state index contributed by atoms with van der Waals surface area (Å²) >= 11 is 0. The molecule has 0 bridgehead atoms. The maximum atomic E-state index is 13.1. The summed E-state index contributed by atoms with van der Waals surface area (Å²) < 4.78 is 39.4. The first-order valence-electron chi connectivity index (χ1n) is 6.90. The van der Waals surface area contributed by atoms with Crippen molar-refractivity contribution < 1.29 is 13.2 Å². The average molecular weight is 266 g/mol. The molecule has 0 aromatic heterocycles. The lowest BCUT2D eigenvalue weighted by Gasteiger charge is -2.37. The van der Waals surface area contributed by atoms with Crippen LogP contribution in [0.15, 0.2) is 0 Å². The molecule has 108 valence electrons. The molecular formula is C13H25F3N2. The second-order valence-electron chi connectivity index (χ2n) is 5.48. The summed E-state index contributed by atoms with van der Waals surface area (Å²) in [6, 6.07) is 0.428. The molecule has 0 amide bonds. The summed E-state index contributed by atoms with van der Waals surface area (Å²) in [5, 5.41) is 3.12. The highest BCUT2D eigenvalue weighted by Crippen LogP contribution is 2.43. The Morgan fingerprint density at radius 1 is 1.06 bits per heavy atom. The number of nitrogens with one attached hydrogen (secondary N) is 1. The molecule has 3 N–H and O–H groups in total. The van der Waals surface area contributed by atoms with E-state index < -0.39 is 11.6 Å². The molecule has 18 heavy (non-hydrogen) atoms. The molecule has 1 aliphatic rings. The normalized spacial score (nSPS) is 26.3. The summed E-state index contributed by atoms with van der Waals surface area (Å²) in [6.45, 7) is 3.27. The van der Waals surface area contributed by atoms with Crippen LogP contribution in [0.2, 0.25) is 0 Å². The van der Waals surface area contributed by atoms with E-state index in [0.717, 1.165) is 25.7 Å². The van der Waals surface area contributed by atoms with Crippen LogP contribution in [0.1, 0.15) is 52.4 Å². The van der Waals surface area contributed by atoms with E-state index >= 15 is 0 Å². The lowest BCUT2D eigenvalue weighted by molar-refractivity contribution is -0.225. The summed E-state index contributed by atoms with van der Waals surface area (Å²) in [5.41, 5.74) is 4.22. The maximum absolute atomic E-state index is 13.1. The van der Waals surface area contributed by atoms with Crippen LogP contribution in [0.25, 0.3) is 0 Å². The quantitative estimate of drug-likeness (QED) is 0.802. The topological polar surface area (TPSA) is 38.0 Å². The fourth-order valence-corrected chi connectivity index (χ4v) is 2.66. The molecule has 0 unspecified atom stereocenters. The Morgan fingerprint density at radius 3 is 1.94 bits per heavy atom. The summed E-state index contributed by atoms with van der Waals surface area (Å²) in [7, 11) is 0. The van der Waals surface area contributed by atoms with E-state index in [-0.39, 0.29) is 31.5 Å². The third-order valence-corrected chi connectivity index (χ3v) is 4.46. The van der Waals surface area contributed by atoms with Crippen LogP contribution in [-0.2, 0) is 0 Å². The van der Waals surface area contributed by atoms with Crippen molar-refractivity contribution >= 4 is 0 Å². The van der Waals surface area contributed by atoms with Crippen molar-refractivity contribution in [3.8, 4) is 0 Å². The molecule has 0 radical (unpaired) electrons. The van der Waals surface area contributed by atoms with Gasteiger partial charge in [0.15, 0.2) is 0 Å². The predicted octanol–water partition coefficient (Wildman–Crippen LogP) is 3.21. The van der Waals surface area contributed by atoms with E-state index in [1.807, 2.05) is 0 Å². The molecule has 1 saturated carbocycles. The molecule has 0 aliphatic heterocycles. The fourth-order valence-electron chi connectivity index (χ4n) is 2.66. The molecular weight excluding hydrogens is 241 g/mol. The fraction of sp³-hybridized carbons (Fsp3) is 1.00. The van der Waals surface area contributed by atoms with Gasteiger partial charge in [-0.05, 0) is 38.5 Å². The molecule has 5 heteroatoms. The van der Waals surface area contributed by atoms with Crippen molar-refractivity contribution in [3.63, 3.8) is 0 Å². The van der Waals surface area contributed by atoms with Crippen molar-refractivity contribution in [1.29, 1.82) is 0 Å². The first kappa shape index (κ1) is 15.8. The first-order chi connectivity index (χ1) is 8.34. The second kappa shape index (κ2) is 6.24. The highest BCUT2D eigenvalue weighted by Gasteiger charge is 2.51. The van der Waals surface area contributed by atoms with Gasteiger partial charge in [0.25, 0.3) is 0 Å². The van der Waals surface area contributed by atoms with Crippen LogP contribution in [0.5, 0.6) is 0 Å². The van der Waals surface area contributed by atoms with E-state index in [0.29, 0.717) is 0 Å². The minimum atomic E-state index is -4.13. The lowest BCUT2D eigenvalue weighted by Crippen LogP contribution is -2.49. The average Bonchev–Trinajstić information content (AvgIpc) is 2.31. The Kier molecular flexibility index (Phi) is 5.46. The van der Waals surface area contributed by atoms with Crippen molar-refractivity contribution in [2.24, 2.45) is 11.1 Å². The van der Waals surface area contributed by atoms with Crippen molar-refractivity contribution in [3.05, 3.63) is 0 Å². The van der Waals surface area contributed by atoms with Crippen LogP contribution in [0, 0.1) is 5.41 Å². The summed E-state index contributed by atoms with van der Waals surface area (Å²) in [5.74, 6) is 0. The smallest absolute Gasteiger partial charge is 0.328 e. The number of nitrogens with two attached hydrogens (primary N) is 1. The van der Waals surface area contributed by atoms with Crippen molar-refractivity contribution in [2.75, 3.05) is 6.54 Å². The standard InChI is InChI=1S/C13H25F3N2/c1-3-12(4-2,13(14,15)16)9-18-11-7-5-10(17)6-8-11/h10-11,18H,3-9,17H2,1-2H3. The minimum Gasteiger partial charge on any atom is -0.328 e. The lowest BCUT2D eigenvalue weighted by atomic mass is 9.80. The van der Waals surface area contributed by atoms with Crippen molar-refractivity contribution in [1.82, 2.24) is 5.32 Å². The molecule has 1 aliphatic carbocycles. The van der Waals surface area contributed by atoms with Crippen LogP contribution in [-0.4, -0.2) is 24.8 Å². The van der Waals surface area contributed by atoms with Gasteiger partial charge in [-0.15, -0.1) is 0 Å². The molecule has 0 atom stereocenters. The number of rotatable bonds is 5. The zero-order valence-electron chi connectivity index (χ0n) is 11.3. The molecule has 2 nitrogen and oxygen atoms in total. The van der Waals surface area contributed by atoms with E-state index in [1.165, 1.54) is 0 Å². The van der Waals surface area contributed by atoms with Gasteiger partial charge in [-0.25, -0.2) is 0 Å². The van der Waals surface area contributed by atoms with Crippen LogP contribution < -0.4 is 11.1 Å². The van der Waals surface area contributed by atoms with E-state index in [9.17, 15) is 13.2 Å². The monoisotopic (exact) mass is 266 g/mol. The van der Waals surface area contributed by atoms with Gasteiger partial charge in [0, 0.05) is 18.6 Å².